The van der Waals surface area contributed by atoms with Gasteiger partial charge in [-0.3, -0.25) is 14.9 Å². The van der Waals surface area contributed by atoms with Crippen LogP contribution in [0.15, 0.2) is 18.2 Å². The molecule has 0 aromatic heterocycles. The van der Waals surface area contributed by atoms with E-state index in [4.69, 9.17) is 5.11 Å². The van der Waals surface area contributed by atoms with Gasteiger partial charge in [-0.05, 0) is 37.8 Å². The number of benzene rings is 1. The van der Waals surface area contributed by atoms with Crippen molar-refractivity contribution in [2.75, 3.05) is 0 Å². The zero-order chi connectivity index (χ0) is 15.4. The average Bonchev–Trinajstić information content (AvgIpc) is 2.45. The molecule has 0 radical (unpaired) electrons. The Balaban J connectivity index is 1.93. The minimum atomic E-state index is -0.769. The van der Waals surface area contributed by atoms with Gasteiger partial charge in [-0.2, -0.15) is 0 Å². The lowest BCUT2D eigenvalue weighted by Gasteiger charge is -2.26. The number of nitrogens with zero attached hydrogens (tertiary/aromatic N) is 1. The number of carbonyl (C=O) groups is 1. The van der Waals surface area contributed by atoms with Gasteiger partial charge >= 0.3 is 5.97 Å². The van der Waals surface area contributed by atoms with Gasteiger partial charge in [0.15, 0.2) is 0 Å². The summed E-state index contributed by atoms with van der Waals surface area (Å²) in [6, 6.07) is 3.50. The molecule has 1 saturated carbocycles. The Hall–Kier alpha value is -2.02. The molecule has 114 valence electrons. The zero-order valence-electron chi connectivity index (χ0n) is 11.4. The number of hydrogen-bond acceptors (Lipinski definition) is 4. The summed E-state index contributed by atoms with van der Waals surface area (Å²) in [4.78, 5) is 21.2. The lowest BCUT2D eigenvalue weighted by molar-refractivity contribution is -0.385. The van der Waals surface area contributed by atoms with Crippen LogP contribution in [-0.4, -0.2) is 22.0 Å². The third-order valence-electron chi connectivity index (χ3n) is 3.90. The van der Waals surface area contributed by atoms with Gasteiger partial charge in [0.25, 0.3) is 5.69 Å². The van der Waals surface area contributed by atoms with Gasteiger partial charge < -0.3 is 10.4 Å². The van der Waals surface area contributed by atoms with E-state index in [2.05, 4.69) is 5.32 Å². The highest BCUT2D eigenvalue weighted by Crippen LogP contribution is 2.25. The summed E-state index contributed by atoms with van der Waals surface area (Å²) in [6.07, 6.45) is 2.61. The standard InChI is InChI=1S/C14H17FN2O4/c15-11-3-6-13(17(20)21)10(7-11)8-16-12-4-1-9(2-5-12)14(18)19/h3,6-7,9,12,16H,1-2,4-5,8H2,(H,18,19). The van der Waals surface area contributed by atoms with Gasteiger partial charge in [-0.1, -0.05) is 0 Å². The fourth-order valence-corrected chi connectivity index (χ4v) is 2.67. The minimum Gasteiger partial charge on any atom is -0.481 e. The van der Waals surface area contributed by atoms with Crippen molar-refractivity contribution in [2.24, 2.45) is 5.92 Å². The molecule has 0 aliphatic heterocycles. The Kier molecular flexibility index (Phi) is 4.85. The van der Waals surface area contributed by atoms with Crippen LogP contribution in [0.4, 0.5) is 10.1 Å². The summed E-state index contributed by atoms with van der Waals surface area (Å²) < 4.78 is 13.2. The van der Waals surface area contributed by atoms with Gasteiger partial charge in [0.05, 0.1) is 10.8 Å². The van der Waals surface area contributed by atoms with Crippen LogP contribution in [0.3, 0.4) is 0 Å². The highest BCUT2D eigenvalue weighted by molar-refractivity contribution is 5.70. The van der Waals surface area contributed by atoms with E-state index in [0.717, 1.165) is 18.2 Å². The van der Waals surface area contributed by atoms with E-state index in [1.807, 2.05) is 0 Å². The van der Waals surface area contributed by atoms with Crippen molar-refractivity contribution < 1.29 is 19.2 Å². The molecule has 0 atom stereocenters. The van der Waals surface area contributed by atoms with E-state index in [1.54, 1.807) is 0 Å². The first-order chi connectivity index (χ1) is 9.97. The Morgan fingerprint density at radius 2 is 2.05 bits per heavy atom. The summed E-state index contributed by atoms with van der Waals surface area (Å²) >= 11 is 0. The summed E-state index contributed by atoms with van der Waals surface area (Å²) in [7, 11) is 0. The molecule has 2 N–H and O–H groups in total. The van der Waals surface area contributed by atoms with Crippen molar-refractivity contribution in [2.45, 2.75) is 38.3 Å². The molecule has 0 amide bonds. The van der Waals surface area contributed by atoms with E-state index in [1.165, 1.54) is 0 Å². The monoisotopic (exact) mass is 296 g/mol. The largest absolute Gasteiger partial charge is 0.481 e. The molecule has 2 rings (SSSR count). The van der Waals surface area contributed by atoms with Crippen LogP contribution in [0.1, 0.15) is 31.2 Å². The number of aliphatic carboxylic acids is 1. The van der Waals surface area contributed by atoms with Crippen LogP contribution in [-0.2, 0) is 11.3 Å². The van der Waals surface area contributed by atoms with Gasteiger partial charge in [0, 0.05) is 24.2 Å². The van der Waals surface area contributed by atoms with Crippen LogP contribution in [0.2, 0.25) is 0 Å². The Bertz CT molecular complexity index is 542. The normalized spacial score (nSPS) is 22.0. The van der Waals surface area contributed by atoms with Crippen molar-refractivity contribution >= 4 is 11.7 Å². The SMILES string of the molecule is O=C(O)C1CCC(NCc2cc(F)ccc2[N+](=O)[O-])CC1. The molecule has 1 aliphatic carbocycles. The summed E-state index contributed by atoms with van der Waals surface area (Å²) in [5.74, 6) is -1.58. The van der Waals surface area contributed by atoms with Crippen molar-refractivity contribution in [1.82, 2.24) is 5.32 Å². The molecule has 0 heterocycles. The molecule has 0 spiro atoms. The number of halogens is 1. The average molecular weight is 296 g/mol. The first kappa shape index (κ1) is 15.4. The second kappa shape index (κ2) is 6.62. The number of carboxylic acid groups (broad SMARTS) is 1. The molecular weight excluding hydrogens is 279 g/mol. The molecule has 1 fully saturated rings. The fraction of sp³-hybridized carbons (Fsp3) is 0.500. The third kappa shape index (κ3) is 3.98. The van der Waals surface area contributed by atoms with Crippen LogP contribution >= 0.6 is 0 Å². The molecule has 21 heavy (non-hydrogen) atoms. The lowest BCUT2D eigenvalue weighted by atomic mass is 9.86. The van der Waals surface area contributed by atoms with E-state index in [-0.39, 0.29) is 24.2 Å². The number of carboxylic acids is 1. The summed E-state index contributed by atoms with van der Waals surface area (Å²) in [6.45, 7) is 0.205. The molecule has 1 aliphatic rings. The number of nitro benzene ring substituents is 1. The molecule has 1 aromatic carbocycles. The topological polar surface area (TPSA) is 92.5 Å². The maximum absolute atomic E-state index is 13.2. The number of nitro groups is 1. The van der Waals surface area contributed by atoms with Crippen molar-refractivity contribution in [3.63, 3.8) is 0 Å². The van der Waals surface area contributed by atoms with E-state index in [9.17, 15) is 19.3 Å². The fourth-order valence-electron chi connectivity index (χ4n) is 2.67. The molecule has 6 nitrogen and oxygen atoms in total. The zero-order valence-corrected chi connectivity index (χ0v) is 11.4. The first-order valence-electron chi connectivity index (χ1n) is 6.86. The van der Waals surface area contributed by atoms with Gasteiger partial charge in [0.1, 0.15) is 5.82 Å². The quantitative estimate of drug-likeness (QED) is 0.643. The van der Waals surface area contributed by atoms with Gasteiger partial charge in [0.2, 0.25) is 0 Å². The maximum Gasteiger partial charge on any atom is 0.306 e. The Labute approximate surface area is 121 Å². The molecule has 0 unspecified atom stereocenters. The van der Waals surface area contributed by atoms with Crippen molar-refractivity contribution in [3.05, 3.63) is 39.7 Å². The number of hydrogen-bond donors (Lipinski definition) is 2. The smallest absolute Gasteiger partial charge is 0.306 e. The van der Waals surface area contributed by atoms with Gasteiger partial charge in [-0.25, -0.2) is 4.39 Å². The molecule has 0 saturated heterocycles. The predicted molar refractivity (Wildman–Crippen MR) is 73.3 cm³/mol. The van der Waals surface area contributed by atoms with E-state index < -0.39 is 16.7 Å². The number of nitrogens with one attached hydrogen (secondary N) is 1. The maximum atomic E-state index is 13.2. The van der Waals surface area contributed by atoms with Crippen LogP contribution in [0.25, 0.3) is 0 Å². The number of rotatable bonds is 5. The molecular formula is C14H17FN2O4. The second-order valence-electron chi connectivity index (χ2n) is 5.30. The minimum absolute atomic E-state index is 0.108. The van der Waals surface area contributed by atoms with Crippen LogP contribution < -0.4 is 5.32 Å². The molecule has 1 aromatic rings. The molecule has 0 bridgehead atoms. The summed E-state index contributed by atoms with van der Waals surface area (Å²) in [5.41, 5.74) is 0.198. The second-order valence-corrected chi connectivity index (χ2v) is 5.30. The third-order valence-corrected chi connectivity index (χ3v) is 3.90. The Morgan fingerprint density at radius 3 is 2.62 bits per heavy atom. The lowest BCUT2D eigenvalue weighted by Crippen LogP contribution is -2.34. The highest BCUT2D eigenvalue weighted by Gasteiger charge is 2.26. The van der Waals surface area contributed by atoms with Crippen molar-refractivity contribution in [3.8, 4) is 0 Å². The van der Waals surface area contributed by atoms with Crippen LogP contribution in [0, 0.1) is 21.8 Å². The molecule has 7 heteroatoms. The first-order valence-corrected chi connectivity index (χ1v) is 6.86. The highest BCUT2D eigenvalue weighted by atomic mass is 19.1. The van der Waals surface area contributed by atoms with E-state index >= 15 is 0 Å². The predicted octanol–water partition coefficient (Wildman–Crippen LogP) is 2.47. The van der Waals surface area contributed by atoms with Gasteiger partial charge in [-0.15, -0.1) is 0 Å². The Morgan fingerprint density at radius 1 is 1.38 bits per heavy atom. The van der Waals surface area contributed by atoms with E-state index in [0.29, 0.717) is 31.2 Å². The summed E-state index contributed by atoms with van der Waals surface area (Å²) in [5, 5.41) is 23.0. The van der Waals surface area contributed by atoms with Crippen LogP contribution in [0.5, 0.6) is 0 Å². The van der Waals surface area contributed by atoms with Crippen molar-refractivity contribution in [1.29, 1.82) is 0 Å².